The van der Waals surface area contributed by atoms with Crippen LogP contribution < -0.4 is 5.73 Å². The summed E-state index contributed by atoms with van der Waals surface area (Å²) in [5.74, 6) is -1.87. The molecule has 104 valence electrons. The first-order chi connectivity index (χ1) is 8.99. The van der Waals surface area contributed by atoms with Gasteiger partial charge in [0.1, 0.15) is 0 Å². The van der Waals surface area contributed by atoms with Gasteiger partial charge in [0.05, 0.1) is 5.56 Å². The maximum Gasteiger partial charge on any atom is 0.355 e. The number of aromatic nitrogens is 1. The quantitative estimate of drug-likeness (QED) is 0.740. The van der Waals surface area contributed by atoms with Crippen molar-refractivity contribution in [1.82, 2.24) is 4.98 Å². The second kappa shape index (κ2) is 6.87. The van der Waals surface area contributed by atoms with Crippen molar-refractivity contribution in [2.45, 2.75) is 45.4 Å². The van der Waals surface area contributed by atoms with Gasteiger partial charge in [0.15, 0.2) is 5.69 Å². The average Bonchev–Trinajstić information content (AvgIpc) is 2.37. The third-order valence-electron chi connectivity index (χ3n) is 3.20. The lowest BCUT2D eigenvalue weighted by Crippen LogP contribution is -2.21. The Kier molecular flexibility index (Phi) is 5.48. The minimum Gasteiger partial charge on any atom is -0.476 e. The first-order valence-electron chi connectivity index (χ1n) is 6.51. The number of amides is 1. The third kappa shape index (κ3) is 3.77. The van der Waals surface area contributed by atoms with E-state index in [-0.39, 0.29) is 17.2 Å². The van der Waals surface area contributed by atoms with E-state index in [9.17, 15) is 9.59 Å². The molecular formula is C14H20N2O3. The van der Waals surface area contributed by atoms with Gasteiger partial charge in [-0.3, -0.25) is 4.79 Å². The van der Waals surface area contributed by atoms with E-state index in [1.807, 2.05) is 6.92 Å². The monoisotopic (exact) mass is 264 g/mol. The van der Waals surface area contributed by atoms with E-state index in [2.05, 4.69) is 11.9 Å². The van der Waals surface area contributed by atoms with Gasteiger partial charge in [-0.15, -0.1) is 0 Å². The number of primary amides is 1. The van der Waals surface area contributed by atoms with Crippen LogP contribution in [0.15, 0.2) is 12.3 Å². The molecule has 3 N–H and O–H groups in total. The van der Waals surface area contributed by atoms with Crippen molar-refractivity contribution in [3.05, 3.63) is 29.1 Å². The van der Waals surface area contributed by atoms with Crippen LogP contribution >= 0.6 is 0 Å². The largest absolute Gasteiger partial charge is 0.476 e. The zero-order valence-electron chi connectivity index (χ0n) is 11.3. The van der Waals surface area contributed by atoms with Crippen LogP contribution in [-0.4, -0.2) is 22.0 Å². The second-order valence-corrected chi connectivity index (χ2v) is 4.69. The summed E-state index contributed by atoms with van der Waals surface area (Å²) in [6.07, 6.45) is 5.60. The number of carboxylic acid groups (broad SMARTS) is 1. The molecule has 0 saturated heterocycles. The van der Waals surface area contributed by atoms with Gasteiger partial charge in [-0.05, 0) is 24.0 Å². The van der Waals surface area contributed by atoms with E-state index in [0.29, 0.717) is 5.56 Å². The molecule has 0 aromatic carbocycles. The topological polar surface area (TPSA) is 93.3 Å². The van der Waals surface area contributed by atoms with E-state index in [4.69, 9.17) is 10.8 Å². The molecule has 1 aromatic heterocycles. The fourth-order valence-electron chi connectivity index (χ4n) is 2.16. The van der Waals surface area contributed by atoms with Crippen molar-refractivity contribution in [3.8, 4) is 0 Å². The molecule has 1 aromatic rings. The van der Waals surface area contributed by atoms with E-state index in [0.717, 1.165) is 25.7 Å². The smallest absolute Gasteiger partial charge is 0.355 e. The lowest BCUT2D eigenvalue weighted by atomic mass is 9.90. The van der Waals surface area contributed by atoms with E-state index >= 15 is 0 Å². The number of rotatable bonds is 7. The number of nitrogens with two attached hydrogens (primary N) is 1. The van der Waals surface area contributed by atoms with Crippen LogP contribution in [0.25, 0.3) is 0 Å². The van der Waals surface area contributed by atoms with Gasteiger partial charge >= 0.3 is 5.97 Å². The molecule has 0 radical (unpaired) electrons. The minimum atomic E-state index is -1.23. The average molecular weight is 264 g/mol. The SMILES string of the molecule is CCCCCC(C)c1ccnc(C(=O)O)c1C(N)=O. The predicted molar refractivity (Wildman–Crippen MR) is 72.3 cm³/mol. The molecule has 1 rings (SSSR count). The van der Waals surface area contributed by atoms with Crippen molar-refractivity contribution in [2.24, 2.45) is 5.73 Å². The molecule has 0 saturated carbocycles. The highest BCUT2D eigenvalue weighted by Gasteiger charge is 2.22. The summed E-state index contributed by atoms with van der Waals surface area (Å²) in [5.41, 5.74) is 5.76. The minimum absolute atomic E-state index is 0.0407. The number of carbonyl (C=O) groups excluding carboxylic acids is 1. The van der Waals surface area contributed by atoms with Crippen LogP contribution in [0.2, 0.25) is 0 Å². The van der Waals surface area contributed by atoms with Gasteiger partial charge in [-0.2, -0.15) is 0 Å². The number of pyridine rings is 1. The molecule has 0 spiro atoms. The Morgan fingerprint density at radius 3 is 2.63 bits per heavy atom. The number of unbranched alkanes of at least 4 members (excludes halogenated alkanes) is 2. The molecule has 5 nitrogen and oxygen atoms in total. The van der Waals surface area contributed by atoms with Gasteiger partial charge in [-0.1, -0.05) is 33.1 Å². The van der Waals surface area contributed by atoms with Gasteiger partial charge in [0, 0.05) is 6.20 Å². The number of hydrogen-bond acceptors (Lipinski definition) is 3. The molecule has 1 atom stereocenters. The summed E-state index contributed by atoms with van der Waals surface area (Å²) >= 11 is 0. The molecule has 0 aliphatic heterocycles. The number of hydrogen-bond donors (Lipinski definition) is 2. The lowest BCUT2D eigenvalue weighted by Gasteiger charge is -2.15. The van der Waals surface area contributed by atoms with Crippen LogP contribution in [-0.2, 0) is 0 Å². The van der Waals surface area contributed by atoms with Crippen LogP contribution in [0.1, 0.15) is 71.9 Å². The van der Waals surface area contributed by atoms with Gasteiger partial charge in [0.25, 0.3) is 5.91 Å². The standard InChI is InChI=1S/C14H20N2O3/c1-3-4-5-6-9(2)10-7-8-16-12(14(18)19)11(10)13(15)17/h7-9H,3-6H2,1-2H3,(H2,15,17)(H,18,19). The number of aromatic carboxylic acids is 1. The van der Waals surface area contributed by atoms with E-state index in [1.54, 1.807) is 6.07 Å². The molecule has 0 aliphatic rings. The van der Waals surface area contributed by atoms with Crippen molar-refractivity contribution >= 4 is 11.9 Å². The van der Waals surface area contributed by atoms with Crippen molar-refractivity contribution in [1.29, 1.82) is 0 Å². The van der Waals surface area contributed by atoms with Crippen molar-refractivity contribution < 1.29 is 14.7 Å². The Labute approximate surface area is 112 Å². The van der Waals surface area contributed by atoms with Gasteiger partial charge in [0.2, 0.25) is 0 Å². The Hall–Kier alpha value is -1.91. The first kappa shape index (κ1) is 15.1. The molecular weight excluding hydrogens is 244 g/mol. The lowest BCUT2D eigenvalue weighted by molar-refractivity contribution is 0.0685. The molecule has 1 amide bonds. The van der Waals surface area contributed by atoms with Crippen LogP contribution in [0.5, 0.6) is 0 Å². The fraction of sp³-hybridized carbons (Fsp3) is 0.500. The molecule has 1 heterocycles. The third-order valence-corrected chi connectivity index (χ3v) is 3.20. The highest BCUT2D eigenvalue weighted by Crippen LogP contribution is 2.26. The number of carboxylic acids is 1. The second-order valence-electron chi connectivity index (χ2n) is 4.69. The molecule has 0 fully saturated rings. The molecule has 0 aliphatic carbocycles. The van der Waals surface area contributed by atoms with Gasteiger partial charge < -0.3 is 10.8 Å². The van der Waals surface area contributed by atoms with Crippen molar-refractivity contribution in [2.75, 3.05) is 0 Å². The highest BCUT2D eigenvalue weighted by molar-refractivity contribution is 6.04. The Bertz CT molecular complexity index is 472. The van der Waals surface area contributed by atoms with Crippen LogP contribution in [0.3, 0.4) is 0 Å². The molecule has 0 bridgehead atoms. The number of carbonyl (C=O) groups is 2. The van der Waals surface area contributed by atoms with Crippen LogP contribution in [0, 0.1) is 0 Å². The normalized spacial score (nSPS) is 12.1. The zero-order chi connectivity index (χ0) is 14.4. The summed E-state index contributed by atoms with van der Waals surface area (Å²) in [4.78, 5) is 26.3. The summed E-state index contributed by atoms with van der Waals surface area (Å²) in [5, 5.41) is 9.06. The first-order valence-corrected chi connectivity index (χ1v) is 6.51. The van der Waals surface area contributed by atoms with Crippen molar-refractivity contribution in [3.63, 3.8) is 0 Å². The van der Waals surface area contributed by atoms with E-state index in [1.165, 1.54) is 6.20 Å². The van der Waals surface area contributed by atoms with Gasteiger partial charge in [-0.25, -0.2) is 9.78 Å². The summed E-state index contributed by atoms with van der Waals surface area (Å²) in [7, 11) is 0. The van der Waals surface area contributed by atoms with E-state index < -0.39 is 11.9 Å². The number of nitrogens with zero attached hydrogens (tertiary/aromatic N) is 1. The Morgan fingerprint density at radius 1 is 1.42 bits per heavy atom. The summed E-state index contributed by atoms with van der Waals surface area (Å²) in [6, 6.07) is 1.68. The predicted octanol–water partition coefficient (Wildman–Crippen LogP) is 2.56. The zero-order valence-corrected chi connectivity index (χ0v) is 11.3. The van der Waals surface area contributed by atoms with Crippen LogP contribution in [0.4, 0.5) is 0 Å². The maximum absolute atomic E-state index is 11.5. The molecule has 19 heavy (non-hydrogen) atoms. The highest BCUT2D eigenvalue weighted by atomic mass is 16.4. The maximum atomic E-state index is 11.5. The molecule has 1 unspecified atom stereocenters. The Balaban J connectivity index is 3.09. The summed E-state index contributed by atoms with van der Waals surface area (Å²) in [6.45, 7) is 4.09. The molecule has 5 heteroatoms. The fourth-order valence-corrected chi connectivity index (χ4v) is 2.16. The summed E-state index contributed by atoms with van der Waals surface area (Å²) < 4.78 is 0. The Morgan fingerprint density at radius 2 is 2.11 bits per heavy atom.